The van der Waals surface area contributed by atoms with E-state index in [2.05, 4.69) is 6.92 Å². The minimum Gasteiger partial charge on any atom is -0.507 e. The summed E-state index contributed by atoms with van der Waals surface area (Å²) in [7, 11) is 0. The number of likely N-dealkylation sites (tertiary alicyclic amines) is 1. The Hall–Kier alpha value is -1.51. The molecule has 1 fully saturated rings. The molecular weight excluding hydrogens is 238 g/mol. The molecule has 2 rings (SSSR count). The Morgan fingerprint density at radius 3 is 2.95 bits per heavy atom. The molecule has 104 valence electrons. The zero-order chi connectivity index (χ0) is 13.8. The standard InChI is InChI=1S/C16H23NO2/c1-3-6-13-7-4-5-10-17(13)16(19)14-11-12(2)8-9-15(14)18/h8-9,11,13,18H,3-7,10H2,1-2H3. The summed E-state index contributed by atoms with van der Waals surface area (Å²) in [5, 5.41) is 9.90. The first-order valence-electron chi connectivity index (χ1n) is 7.24. The second-order valence-electron chi connectivity index (χ2n) is 5.46. The summed E-state index contributed by atoms with van der Waals surface area (Å²) in [4.78, 5) is 14.6. The van der Waals surface area contributed by atoms with Crippen LogP contribution >= 0.6 is 0 Å². The van der Waals surface area contributed by atoms with Crippen molar-refractivity contribution in [2.45, 2.75) is 52.0 Å². The number of aryl methyl sites for hydroxylation is 1. The van der Waals surface area contributed by atoms with Crippen molar-refractivity contribution in [3.05, 3.63) is 29.3 Å². The molecule has 1 N–H and O–H groups in total. The molecule has 1 aromatic rings. The van der Waals surface area contributed by atoms with Gasteiger partial charge in [0.05, 0.1) is 5.56 Å². The molecule has 0 radical (unpaired) electrons. The molecule has 0 saturated carbocycles. The number of carbonyl (C=O) groups excluding carboxylic acids is 1. The molecule has 1 saturated heterocycles. The van der Waals surface area contributed by atoms with Gasteiger partial charge >= 0.3 is 0 Å². The number of phenols is 1. The molecule has 1 aliphatic rings. The number of phenolic OH excluding ortho intramolecular Hbond substituents is 1. The minimum atomic E-state index is -0.0145. The summed E-state index contributed by atoms with van der Waals surface area (Å²) in [5.41, 5.74) is 1.45. The Bertz CT molecular complexity index is 454. The van der Waals surface area contributed by atoms with Crippen molar-refractivity contribution < 1.29 is 9.90 Å². The minimum absolute atomic E-state index is 0.0145. The van der Waals surface area contributed by atoms with Crippen LogP contribution in [0.25, 0.3) is 0 Å². The first kappa shape index (κ1) is 13.9. The fourth-order valence-electron chi connectivity index (χ4n) is 2.88. The zero-order valence-corrected chi connectivity index (χ0v) is 11.9. The average Bonchev–Trinajstić information content (AvgIpc) is 2.42. The highest BCUT2D eigenvalue weighted by Crippen LogP contribution is 2.26. The summed E-state index contributed by atoms with van der Waals surface area (Å²) in [5.74, 6) is 0.0794. The summed E-state index contributed by atoms with van der Waals surface area (Å²) in [6.07, 6.45) is 5.51. The summed E-state index contributed by atoms with van der Waals surface area (Å²) in [6.45, 7) is 4.91. The van der Waals surface area contributed by atoms with Gasteiger partial charge in [0.15, 0.2) is 0 Å². The molecule has 0 spiro atoms. The van der Waals surface area contributed by atoms with Crippen LogP contribution in [0.15, 0.2) is 18.2 Å². The van der Waals surface area contributed by atoms with Crippen LogP contribution in [-0.2, 0) is 0 Å². The van der Waals surface area contributed by atoms with Gasteiger partial charge in [0.25, 0.3) is 5.91 Å². The van der Waals surface area contributed by atoms with E-state index >= 15 is 0 Å². The van der Waals surface area contributed by atoms with Crippen LogP contribution in [0.5, 0.6) is 5.75 Å². The quantitative estimate of drug-likeness (QED) is 0.904. The van der Waals surface area contributed by atoms with Crippen LogP contribution in [0.4, 0.5) is 0 Å². The van der Waals surface area contributed by atoms with E-state index in [4.69, 9.17) is 0 Å². The Kier molecular flexibility index (Phi) is 4.46. The van der Waals surface area contributed by atoms with Crippen molar-refractivity contribution in [3.63, 3.8) is 0 Å². The van der Waals surface area contributed by atoms with Crippen LogP contribution in [0.2, 0.25) is 0 Å². The van der Waals surface area contributed by atoms with Crippen molar-refractivity contribution in [1.82, 2.24) is 4.90 Å². The predicted molar refractivity (Wildman–Crippen MR) is 76.4 cm³/mol. The maximum absolute atomic E-state index is 12.6. The van der Waals surface area contributed by atoms with Crippen LogP contribution in [-0.4, -0.2) is 28.5 Å². The van der Waals surface area contributed by atoms with Crippen molar-refractivity contribution >= 4 is 5.91 Å². The summed E-state index contributed by atoms with van der Waals surface area (Å²) < 4.78 is 0. The number of carbonyl (C=O) groups is 1. The lowest BCUT2D eigenvalue weighted by molar-refractivity contribution is 0.0597. The second-order valence-corrected chi connectivity index (χ2v) is 5.46. The van der Waals surface area contributed by atoms with Crippen molar-refractivity contribution in [2.75, 3.05) is 6.54 Å². The lowest BCUT2D eigenvalue weighted by Crippen LogP contribution is -2.43. The van der Waals surface area contributed by atoms with E-state index in [9.17, 15) is 9.90 Å². The van der Waals surface area contributed by atoms with E-state index in [1.807, 2.05) is 17.9 Å². The van der Waals surface area contributed by atoms with E-state index in [1.54, 1.807) is 12.1 Å². The van der Waals surface area contributed by atoms with Gasteiger partial charge < -0.3 is 10.0 Å². The zero-order valence-electron chi connectivity index (χ0n) is 11.9. The molecule has 1 aromatic carbocycles. The molecule has 1 amide bonds. The van der Waals surface area contributed by atoms with Crippen molar-refractivity contribution in [3.8, 4) is 5.75 Å². The molecule has 1 unspecified atom stereocenters. The van der Waals surface area contributed by atoms with Gasteiger partial charge in [0, 0.05) is 12.6 Å². The van der Waals surface area contributed by atoms with Crippen LogP contribution < -0.4 is 0 Å². The third kappa shape index (κ3) is 3.09. The average molecular weight is 261 g/mol. The molecule has 0 bridgehead atoms. The Balaban J connectivity index is 2.23. The van der Waals surface area contributed by atoms with Gasteiger partial charge in [-0.1, -0.05) is 25.0 Å². The van der Waals surface area contributed by atoms with E-state index in [1.165, 1.54) is 6.42 Å². The summed E-state index contributed by atoms with van der Waals surface area (Å²) in [6, 6.07) is 5.56. The number of nitrogens with zero attached hydrogens (tertiary/aromatic N) is 1. The number of rotatable bonds is 3. The van der Waals surface area contributed by atoms with Gasteiger partial charge in [-0.15, -0.1) is 0 Å². The molecule has 3 nitrogen and oxygen atoms in total. The molecule has 19 heavy (non-hydrogen) atoms. The SMILES string of the molecule is CCCC1CCCCN1C(=O)c1cc(C)ccc1O. The number of amides is 1. The third-order valence-electron chi connectivity index (χ3n) is 3.89. The molecule has 3 heteroatoms. The van der Waals surface area contributed by atoms with Gasteiger partial charge in [-0.3, -0.25) is 4.79 Å². The molecule has 0 aromatic heterocycles. The fourth-order valence-corrected chi connectivity index (χ4v) is 2.88. The highest BCUT2D eigenvalue weighted by Gasteiger charge is 2.28. The topological polar surface area (TPSA) is 40.5 Å². The molecule has 1 heterocycles. The molecule has 1 atom stereocenters. The van der Waals surface area contributed by atoms with Gasteiger partial charge in [0.1, 0.15) is 5.75 Å². The normalized spacial score (nSPS) is 19.5. The molecule has 0 aliphatic carbocycles. The lowest BCUT2D eigenvalue weighted by atomic mass is 9.97. The highest BCUT2D eigenvalue weighted by molar-refractivity contribution is 5.97. The van der Waals surface area contributed by atoms with Crippen LogP contribution in [0.3, 0.4) is 0 Å². The first-order chi connectivity index (χ1) is 9.13. The maximum Gasteiger partial charge on any atom is 0.257 e. The van der Waals surface area contributed by atoms with E-state index in [0.717, 1.165) is 37.8 Å². The Morgan fingerprint density at radius 1 is 1.42 bits per heavy atom. The number of aromatic hydroxyl groups is 1. The highest BCUT2D eigenvalue weighted by atomic mass is 16.3. The van der Waals surface area contributed by atoms with Crippen LogP contribution in [0, 0.1) is 6.92 Å². The number of hydrogen-bond donors (Lipinski definition) is 1. The monoisotopic (exact) mass is 261 g/mol. The second kappa shape index (κ2) is 6.09. The third-order valence-corrected chi connectivity index (χ3v) is 3.89. The smallest absolute Gasteiger partial charge is 0.257 e. The largest absolute Gasteiger partial charge is 0.507 e. The van der Waals surface area contributed by atoms with E-state index in [-0.39, 0.29) is 11.7 Å². The maximum atomic E-state index is 12.6. The Labute approximate surface area is 115 Å². The molecule has 1 aliphatic heterocycles. The van der Waals surface area contributed by atoms with Gasteiger partial charge in [-0.25, -0.2) is 0 Å². The van der Waals surface area contributed by atoms with Crippen molar-refractivity contribution in [2.24, 2.45) is 0 Å². The van der Waals surface area contributed by atoms with E-state index in [0.29, 0.717) is 11.6 Å². The number of benzene rings is 1. The Morgan fingerprint density at radius 2 is 2.21 bits per heavy atom. The number of hydrogen-bond acceptors (Lipinski definition) is 2. The van der Waals surface area contributed by atoms with Gasteiger partial charge in [-0.05, 0) is 44.7 Å². The molecular formula is C16H23NO2. The predicted octanol–water partition coefficient (Wildman–Crippen LogP) is 3.50. The van der Waals surface area contributed by atoms with E-state index < -0.39 is 0 Å². The van der Waals surface area contributed by atoms with Gasteiger partial charge in [0.2, 0.25) is 0 Å². The fraction of sp³-hybridized carbons (Fsp3) is 0.562. The number of piperidine rings is 1. The van der Waals surface area contributed by atoms with Crippen molar-refractivity contribution in [1.29, 1.82) is 0 Å². The van der Waals surface area contributed by atoms with Crippen LogP contribution in [0.1, 0.15) is 54.9 Å². The summed E-state index contributed by atoms with van der Waals surface area (Å²) >= 11 is 0. The first-order valence-corrected chi connectivity index (χ1v) is 7.24. The lowest BCUT2D eigenvalue weighted by Gasteiger charge is -2.36. The van der Waals surface area contributed by atoms with Gasteiger partial charge in [-0.2, -0.15) is 0 Å².